The van der Waals surface area contributed by atoms with Crippen LogP contribution in [-0.4, -0.2) is 46.8 Å². The summed E-state index contributed by atoms with van der Waals surface area (Å²) in [6.07, 6.45) is 0. The van der Waals surface area contributed by atoms with Gasteiger partial charge in [-0.2, -0.15) is 5.10 Å². The maximum atomic E-state index is 13.8. The molecule has 0 unspecified atom stereocenters. The fourth-order valence-electron chi connectivity index (χ4n) is 4.59. The summed E-state index contributed by atoms with van der Waals surface area (Å²) >= 11 is 0. The monoisotopic (exact) mass is 490 g/mol. The van der Waals surface area contributed by atoms with Crippen LogP contribution in [0.1, 0.15) is 51.5 Å². The minimum atomic E-state index is -1.33. The van der Waals surface area contributed by atoms with E-state index in [1.807, 2.05) is 56.3 Å². The first-order chi connectivity index (χ1) is 17.2. The Morgan fingerprint density at radius 3 is 2.47 bits per heavy atom. The molecule has 9 nitrogen and oxygen atoms in total. The van der Waals surface area contributed by atoms with Gasteiger partial charge in [-0.3, -0.25) is 19.2 Å². The molecule has 1 aliphatic rings. The van der Waals surface area contributed by atoms with Gasteiger partial charge >= 0.3 is 5.97 Å². The lowest BCUT2D eigenvalue weighted by molar-refractivity contribution is -0.126. The van der Waals surface area contributed by atoms with Crippen LogP contribution in [0.15, 0.2) is 48.5 Å². The highest BCUT2D eigenvalue weighted by molar-refractivity contribution is 6.12. The molecule has 1 aliphatic heterocycles. The number of nitrogens with zero attached hydrogens (tertiary/aromatic N) is 3. The van der Waals surface area contributed by atoms with Crippen molar-refractivity contribution in [1.82, 2.24) is 15.1 Å². The van der Waals surface area contributed by atoms with Crippen LogP contribution in [0.5, 0.6) is 5.75 Å². The maximum Gasteiger partial charge on any atom is 0.358 e. The van der Waals surface area contributed by atoms with Crippen molar-refractivity contribution in [3.8, 4) is 5.75 Å². The highest BCUT2D eigenvalue weighted by atomic mass is 16.5. The molecule has 2 aromatic carbocycles. The zero-order chi connectivity index (χ0) is 26.0. The van der Waals surface area contributed by atoms with Crippen molar-refractivity contribution in [2.24, 2.45) is 0 Å². The minimum Gasteiger partial charge on any atom is -0.496 e. The van der Waals surface area contributed by atoms with Gasteiger partial charge in [-0.1, -0.05) is 24.3 Å². The van der Waals surface area contributed by atoms with Gasteiger partial charge < -0.3 is 14.8 Å². The lowest BCUT2D eigenvalue weighted by Crippen LogP contribution is -2.64. The molecule has 36 heavy (non-hydrogen) atoms. The average Bonchev–Trinajstić information content (AvgIpc) is 3.26. The third-order valence-electron chi connectivity index (χ3n) is 6.22. The molecule has 0 spiro atoms. The molecule has 0 fully saturated rings. The van der Waals surface area contributed by atoms with Crippen molar-refractivity contribution < 1.29 is 23.9 Å². The maximum absolute atomic E-state index is 13.8. The van der Waals surface area contributed by atoms with Gasteiger partial charge in [0.15, 0.2) is 5.69 Å². The van der Waals surface area contributed by atoms with Crippen molar-refractivity contribution in [3.05, 3.63) is 76.6 Å². The second-order valence-electron chi connectivity index (χ2n) is 9.05. The molecule has 9 heteroatoms. The molecule has 0 radical (unpaired) electrons. The van der Waals surface area contributed by atoms with E-state index in [2.05, 4.69) is 10.4 Å². The zero-order valence-electron chi connectivity index (χ0n) is 21.1. The number of hydrogen-bond acceptors (Lipinski definition) is 6. The first kappa shape index (κ1) is 25.0. The number of para-hydroxylation sites is 1. The Labute approximate surface area is 210 Å². The predicted octanol–water partition coefficient (Wildman–Crippen LogP) is 3.42. The van der Waals surface area contributed by atoms with E-state index in [1.165, 1.54) is 15.6 Å². The number of benzene rings is 2. The molecule has 188 valence electrons. The molecule has 1 aromatic heterocycles. The van der Waals surface area contributed by atoms with Crippen LogP contribution in [0.4, 0.5) is 5.69 Å². The number of ether oxygens (including phenoxy) is 2. The number of aryl methyl sites for hydroxylation is 2. The van der Waals surface area contributed by atoms with Crippen molar-refractivity contribution >= 4 is 23.5 Å². The number of carbonyl (C=O) groups is 3. The molecule has 1 N–H and O–H groups in total. The van der Waals surface area contributed by atoms with Crippen LogP contribution < -0.4 is 15.0 Å². The molecule has 0 saturated heterocycles. The summed E-state index contributed by atoms with van der Waals surface area (Å²) < 4.78 is 11.9. The third kappa shape index (κ3) is 4.56. The fraction of sp³-hybridized carbons (Fsp3) is 0.333. The minimum absolute atomic E-state index is 0.0271. The zero-order valence-corrected chi connectivity index (χ0v) is 21.1. The standard InChI is InChI=1S/C27H30N4O5/c1-6-36-25(33)21-14-22-24(32)31(20-12-17(2)11-18(3)13-20)27(4,16-30(22)29-21)26(34)28-15-19-9-7-8-10-23(19)35-5/h7-14H,6,15-16H2,1-5H3,(H,28,34)/t27-/m1/s1. The van der Waals surface area contributed by atoms with Crippen molar-refractivity contribution in [1.29, 1.82) is 0 Å². The number of amides is 2. The van der Waals surface area contributed by atoms with Crippen LogP contribution in [0.2, 0.25) is 0 Å². The number of carbonyl (C=O) groups excluding carboxylic acids is 3. The molecule has 0 saturated carbocycles. The molecular weight excluding hydrogens is 460 g/mol. The summed E-state index contributed by atoms with van der Waals surface area (Å²) in [6, 6.07) is 14.6. The van der Waals surface area contributed by atoms with Gasteiger partial charge in [0.25, 0.3) is 5.91 Å². The molecule has 4 rings (SSSR count). The van der Waals surface area contributed by atoms with Crippen LogP contribution in [0, 0.1) is 13.8 Å². The molecular formula is C27H30N4O5. The molecule has 0 bridgehead atoms. The van der Waals surface area contributed by atoms with Crippen LogP contribution >= 0.6 is 0 Å². The van der Waals surface area contributed by atoms with Crippen molar-refractivity contribution in [2.75, 3.05) is 18.6 Å². The first-order valence-corrected chi connectivity index (χ1v) is 11.8. The van der Waals surface area contributed by atoms with Gasteiger partial charge in [-0.05, 0) is 57.0 Å². The van der Waals surface area contributed by atoms with Gasteiger partial charge in [0.1, 0.15) is 17.0 Å². The topological polar surface area (TPSA) is 103 Å². The Kier molecular flexibility index (Phi) is 6.83. The van der Waals surface area contributed by atoms with Gasteiger partial charge in [0.05, 0.1) is 20.3 Å². The molecule has 0 aliphatic carbocycles. The summed E-state index contributed by atoms with van der Waals surface area (Å²) in [4.78, 5) is 41.4. The second-order valence-corrected chi connectivity index (χ2v) is 9.05. The summed E-state index contributed by atoms with van der Waals surface area (Å²) in [6.45, 7) is 7.73. The van der Waals surface area contributed by atoms with E-state index < -0.39 is 17.4 Å². The number of rotatable bonds is 7. The largest absolute Gasteiger partial charge is 0.496 e. The highest BCUT2D eigenvalue weighted by Crippen LogP contribution is 2.34. The number of esters is 1. The van der Waals surface area contributed by atoms with E-state index in [4.69, 9.17) is 9.47 Å². The average molecular weight is 491 g/mol. The quantitative estimate of drug-likeness (QED) is 0.509. The lowest BCUT2D eigenvalue weighted by Gasteiger charge is -2.43. The van der Waals surface area contributed by atoms with Crippen molar-refractivity contribution in [2.45, 2.75) is 46.3 Å². The van der Waals surface area contributed by atoms with E-state index in [1.54, 1.807) is 21.0 Å². The number of methoxy groups -OCH3 is 1. The van der Waals surface area contributed by atoms with E-state index in [0.717, 1.165) is 16.7 Å². The Morgan fingerprint density at radius 1 is 1.11 bits per heavy atom. The van der Waals surface area contributed by atoms with Gasteiger partial charge in [0, 0.05) is 23.9 Å². The number of anilines is 1. The third-order valence-corrected chi connectivity index (χ3v) is 6.22. The summed E-state index contributed by atoms with van der Waals surface area (Å²) in [5.41, 5.74) is 2.23. The predicted molar refractivity (Wildman–Crippen MR) is 134 cm³/mol. The van der Waals surface area contributed by atoms with Gasteiger partial charge in [-0.25, -0.2) is 4.79 Å². The van der Waals surface area contributed by atoms with Crippen molar-refractivity contribution in [3.63, 3.8) is 0 Å². The molecule has 2 amide bonds. The fourth-order valence-corrected chi connectivity index (χ4v) is 4.59. The first-order valence-electron chi connectivity index (χ1n) is 11.8. The second kappa shape index (κ2) is 9.85. The summed E-state index contributed by atoms with van der Waals surface area (Å²) in [7, 11) is 1.57. The van der Waals surface area contributed by atoms with Crippen LogP contribution in [0.25, 0.3) is 0 Å². The van der Waals surface area contributed by atoms with E-state index in [-0.39, 0.29) is 37.0 Å². The number of hydrogen-bond donors (Lipinski definition) is 1. The Balaban J connectivity index is 1.75. The van der Waals surface area contributed by atoms with Crippen LogP contribution in [0.3, 0.4) is 0 Å². The van der Waals surface area contributed by atoms with E-state index >= 15 is 0 Å². The molecule has 2 heterocycles. The summed E-state index contributed by atoms with van der Waals surface area (Å²) in [5.74, 6) is -0.751. The lowest BCUT2D eigenvalue weighted by atomic mass is 9.93. The summed E-state index contributed by atoms with van der Waals surface area (Å²) in [5, 5.41) is 7.27. The number of aromatic nitrogens is 2. The Bertz CT molecular complexity index is 1310. The smallest absolute Gasteiger partial charge is 0.358 e. The number of nitrogens with one attached hydrogen (secondary N) is 1. The van der Waals surface area contributed by atoms with Crippen LogP contribution in [-0.2, 0) is 22.6 Å². The highest BCUT2D eigenvalue weighted by Gasteiger charge is 2.49. The Morgan fingerprint density at radius 2 is 1.81 bits per heavy atom. The normalized spacial score (nSPS) is 16.9. The number of fused-ring (bicyclic) bond motifs is 1. The molecule has 3 aromatic rings. The Hall–Kier alpha value is -4.14. The van der Waals surface area contributed by atoms with E-state index in [9.17, 15) is 14.4 Å². The molecule has 1 atom stereocenters. The van der Waals surface area contributed by atoms with Gasteiger partial charge in [0.2, 0.25) is 5.91 Å². The van der Waals surface area contributed by atoms with Gasteiger partial charge in [-0.15, -0.1) is 0 Å². The van der Waals surface area contributed by atoms with E-state index in [0.29, 0.717) is 11.4 Å². The SMILES string of the molecule is CCOC(=O)c1cc2n(n1)C[C@](C)(C(=O)NCc1ccccc1OC)N(c1cc(C)cc(C)c1)C2=O.